The predicted octanol–water partition coefficient (Wildman–Crippen LogP) is 3.66. The molecule has 1 aliphatic heterocycles. The van der Waals surface area contributed by atoms with Crippen LogP contribution in [-0.2, 0) is 25.6 Å². The molecule has 282 valence electrons. The van der Waals surface area contributed by atoms with Crippen LogP contribution in [0.5, 0.6) is 0 Å². The van der Waals surface area contributed by atoms with Gasteiger partial charge in [0, 0.05) is 23.5 Å². The fourth-order valence-corrected chi connectivity index (χ4v) is 6.52. The highest BCUT2D eigenvalue weighted by Crippen LogP contribution is 2.42. The zero-order valence-corrected chi connectivity index (χ0v) is 29.1. The van der Waals surface area contributed by atoms with E-state index in [1.54, 1.807) is 36.4 Å². The number of para-hydroxylation sites is 1. The number of carboxylic acid groups (broad SMARTS) is 1. The van der Waals surface area contributed by atoms with Crippen LogP contribution in [0.2, 0.25) is 0 Å². The highest BCUT2D eigenvalue weighted by Gasteiger charge is 2.48. The average Bonchev–Trinajstić information content (AvgIpc) is 3.47. The van der Waals surface area contributed by atoms with Gasteiger partial charge in [-0.3, -0.25) is 9.59 Å². The quantitative estimate of drug-likeness (QED) is 0.0931. The summed E-state index contributed by atoms with van der Waals surface area (Å²) in [5.74, 6) is -3.78. The van der Waals surface area contributed by atoms with Crippen LogP contribution in [0.4, 0.5) is 10.1 Å². The van der Waals surface area contributed by atoms with Gasteiger partial charge < -0.3 is 50.0 Å². The first kappa shape index (κ1) is 39.3. The SMILES string of the molecule is CC(C)c1c(C(=O)Nc2ccccc2)c(-c2ccccc2)c(-c2ccc(F)cc2)n1CC[C@@H](O)C[C@@H](O)CC(=O)O[C@H]1O[C@H](C(=O)O)[C@H](O)[C@H](O)[C@H]1O. The van der Waals surface area contributed by atoms with E-state index < -0.39 is 67.1 Å². The van der Waals surface area contributed by atoms with E-state index in [1.807, 2.05) is 54.8 Å². The maximum atomic E-state index is 14.2. The number of ether oxygens (including phenoxy) is 2. The molecule has 0 radical (unpaired) electrons. The van der Waals surface area contributed by atoms with Crippen LogP contribution in [0.3, 0.4) is 0 Å². The first-order valence-electron chi connectivity index (χ1n) is 17.2. The van der Waals surface area contributed by atoms with Crippen molar-refractivity contribution in [1.82, 2.24) is 4.57 Å². The molecule has 1 amide bonds. The Bertz CT molecular complexity index is 1870. The molecule has 1 aromatic heterocycles. The molecule has 53 heavy (non-hydrogen) atoms. The highest BCUT2D eigenvalue weighted by molar-refractivity contribution is 6.12. The topological polar surface area (TPSA) is 208 Å². The van der Waals surface area contributed by atoms with E-state index >= 15 is 0 Å². The van der Waals surface area contributed by atoms with Crippen LogP contribution in [0, 0.1) is 5.82 Å². The second-order valence-corrected chi connectivity index (χ2v) is 13.2. The fourth-order valence-electron chi connectivity index (χ4n) is 6.52. The number of aliphatic hydroxyl groups is 5. The number of halogens is 1. The molecule has 4 aromatic rings. The normalized spacial score (nSPS) is 21.2. The number of aliphatic carboxylic acids is 1. The monoisotopic (exact) mass is 734 g/mol. The lowest BCUT2D eigenvalue weighted by atomic mass is 9.94. The van der Waals surface area contributed by atoms with Crippen molar-refractivity contribution in [2.45, 2.75) is 88.5 Å². The van der Waals surface area contributed by atoms with Gasteiger partial charge in [-0.2, -0.15) is 0 Å². The molecule has 13 nitrogen and oxygen atoms in total. The molecule has 1 fully saturated rings. The fraction of sp³-hybridized carbons (Fsp3) is 0.359. The lowest BCUT2D eigenvalue weighted by Crippen LogP contribution is -2.60. The van der Waals surface area contributed by atoms with Gasteiger partial charge in [-0.25, -0.2) is 9.18 Å². The summed E-state index contributed by atoms with van der Waals surface area (Å²) in [6.45, 7) is 4.02. The largest absolute Gasteiger partial charge is 0.479 e. The van der Waals surface area contributed by atoms with Gasteiger partial charge in [0.2, 0.25) is 6.29 Å². The number of hydrogen-bond donors (Lipinski definition) is 7. The molecular formula is C39H43FN2O11. The van der Waals surface area contributed by atoms with Crippen molar-refractivity contribution in [1.29, 1.82) is 0 Å². The average molecular weight is 735 g/mol. The van der Waals surface area contributed by atoms with Crippen LogP contribution < -0.4 is 5.32 Å². The third-order valence-corrected chi connectivity index (χ3v) is 8.98. The molecule has 14 heteroatoms. The predicted molar refractivity (Wildman–Crippen MR) is 190 cm³/mol. The van der Waals surface area contributed by atoms with Gasteiger partial charge in [0.1, 0.15) is 24.1 Å². The number of aliphatic hydroxyl groups excluding tert-OH is 5. The number of esters is 1. The van der Waals surface area contributed by atoms with Crippen molar-refractivity contribution in [3.05, 3.63) is 102 Å². The van der Waals surface area contributed by atoms with Gasteiger partial charge in [-0.05, 0) is 66.3 Å². The zero-order valence-electron chi connectivity index (χ0n) is 29.1. The summed E-state index contributed by atoms with van der Waals surface area (Å²) in [4.78, 5) is 38.2. The number of aromatic nitrogens is 1. The molecular weight excluding hydrogens is 691 g/mol. The number of nitrogens with one attached hydrogen (secondary N) is 1. The molecule has 0 aliphatic carbocycles. The highest BCUT2D eigenvalue weighted by atomic mass is 19.1. The van der Waals surface area contributed by atoms with Crippen LogP contribution in [-0.4, -0.2) is 96.0 Å². The summed E-state index contributed by atoms with van der Waals surface area (Å²) >= 11 is 0. The van der Waals surface area contributed by atoms with E-state index in [0.29, 0.717) is 33.8 Å². The van der Waals surface area contributed by atoms with Crippen molar-refractivity contribution in [3.63, 3.8) is 0 Å². The minimum Gasteiger partial charge on any atom is -0.479 e. The standard InChI is InChI=1S/C39H43FN2O11/c1-21(2)31-30(37(49)41-25-11-7-4-8-12-25)29(22-9-5-3-6-10-22)32(23-13-15-24(40)16-14-23)42(31)18-17-26(43)19-27(44)20-28(45)52-39-35(48)33(46)34(47)36(53-39)38(50)51/h3-16,21,26-27,33-36,39,43-44,46-48H,17-20H2,1-2H3,(H,41,49)(H,50,51)/t26-,27-,33+,34-,35-,36+,39+/m1/s1. The van der Waals surface area contributed by atoms with E-state index in [1.165, 1.54) is 12.1 Å². The summed E-state index contributed by atoms with van der Waals surface area (Å²) in [6.07, 6.45) is -13.4. The Hall–Kier alpha value is -4.96. The summed E-state index contributed by atoms with van der Waals surface area (Å²) in [5, 5.41) is 64.0. The van der Waals surface area contributed by atoms with E-state index in [4.69, 9.17) is 9.47 Å². The molecule has 0 bridgehead atoms. The van der Waals surface area contributed by atoms with Gasteiger partial charge in [-0.15, -0.1) is 0 Å². The van der Waals surface area contributed by atoms with Crippen LogP contribution in [0.25, 0.3) is 22.4 Å². The first-order valence-corrected chi connectivity index (χ1v) is 17.2. The molecule has 7 atom stereocenters. The molecule has 3 aromatic carbocycles. The van der Waals surface area contributed by atoms with Crippen LogP contribution in [0.15, 0.2) is 84.9 Å². The second kappa shape index (κ2) is 17.2. The van der Waals surface area contributed by atoms with Gasteiger partial charge >= 0.3 is 11.9 Å². The number of carboxylic acids is 1. The lowest BCUT2D eigenvalue weighted by molar-refractivity contribution is -0.286. The Morgan fingerprint density at radius 2 is 1.47 bits per heavy atom. The number of amides is 1. The smallest absolute Gasteiger partial charge is 0.335 e. The Kier molecular flexibility index (Phi) is 12.8. The number of rotatable bonds is 14. The lowest BCUT2D eigenvalue weighted by Gasteiger charge is -2.38. The summed E-state index contributed by atoms with van der Waals surface area (Å²) in [7, 11) is 0. The summed E-state index contributed by atoms with van der Waals surface area (Å²) < 4.78 is 26.0. The van der Waals surface area contributed by atoms with Crippen molar-refractivity contribution < 1.29 is 58.9 Å². The van der Waals surface area contributed by atoms with Crippen molar-refractivity contribution >= 4 is 23.5 Å². The number of benzene rings is 3. The van der Waals surface area contributed by atoms with E-state index in [2.05, 4.69) is 5.32 Å². The van der Waals surface area contributed by atoms with Gasteiger partial charge in [0.05, 0.1) is 29.9 Å². The molecule has 1 saturated heterocycles. The molecule has 1 aliphatic rings. The minimum absolute atomic E-state index is 0.0531. The van der Waals surface area contributed by atoms with Crippen molar-refractivity contribution in [2.24, 2.45) is 0 Å². The molecule has 5 rings (SSSR count). The van der Waals surface area contributed by atoms with Gasteiger partial charge in [0.25, 0.3) is 5.91 Å². The van der Waals surface area contributed by atoms with Crippen LogP contribution >= 0.6 is 0 Å². The van der Waals surface area contributed by atoms with Crippen LogP contribution in [0.1, 0.15) is 55.1 Å². The van der Waals surface area contributed by atoms with Crippen molar-refractivity contribution in [2.75, 3.05) is 5.32 Å². The first-order chi connectivity index (χ1) is 25.3. The third-order valence-electron chi connectivity index (χ3n) is 8.98. The number of nitrogens with zero attached hydrogens (tertiary/aromatic N) is 1. The number of hydrogen-bond acceptors (Lipinski definition) is 10. The Labute approximate surface area is 304 Å². The molecule has 0 unspecified atom stereocenters. The molecule has 2 heterocycles. The zero-order chi connectivity index (χ0) is 38.4. The van der Waals surface area contributed by atoms with E-state index in [-0.39, 0.29) is 31.2 Å². The maximum absolute atomic E-state index is 14.2. The van der Waals surface area contributed by atoms with Crippen molar-refractivity contribution in [3.8, 4) is 22.4 Å². The Morgan fingerprint density at radius 3 is 2.08 bits per heavy atom. The minimum atomic E-state index is -1.98. The molecule has 0 saturated carbocycles. The number of carbonyl (C=O) groups is 3. The number of anilines is 1. The number of carbonyl (C=O) groups excluding carboxylic acids is 2. The molecule has 0 spiro atoms. The van der Waals surface area contributed by atoms with E-state index in [0.717, 1.165) is 5.56 Å². The van der Waals surface area contributed by atoms with Gasteiger partial charge in [-0.1, -0.05) is 62.4 Å². The maximum Gasteiger partial charge on any atom is 0.335 e. The summed E-state index contributed by atoms with van der Waals surface area (Å²) in [6, 6.07) is 24.2. The Morgan fingerprint density at radius 1 is 0.849 bits per heavy atom. The summed E-state index contributed by atoms with van der Waals surface area (Å²) in [5.41, 5.74) is 4.24. The Balaban J connectivity index is 1.41. The second-order valence-electron chi connectivity index (χ2n) is 13.2. The van der Waals surface area contributed by atoms with Gasteiger partial charge in [0.15, 0.2) is 6.10 Å². The third kappa shape index (κ3) is 9.16. The van der Waals surface area contributed by atoms with E-state index in [9.17, 15) is 49.4 Å². The molecule has 7 N–H and O–H groups in total.